The number of carbonyl (C=O) groups excluding carboxylic acids is 1. The number of nitrogens with one attached hydrogen (secondary N) is 1. The number of anilines is 1. The minimum absolute atomic E-state index is 0.101. The second-order valence-electron chi connectivity index (χ2n) is 9.93. The number of piperidine rings is 1. The largest absolute Gasteiger partial charge is 0.441 e. The highest BCUT2D eigenvalue weighted by atomic mass is 16.6. The molecule has 37 heavy (non-hydrogen) atoms. The van der Waals surface area contributed by atoms with E-state index in [1.807, 2.05) is 36.1 Å². The molecular formula is C27H34N6O4. The second kappa shape index (κ2) is 10.3. The van der Waals surface area contributed by atoms with Gasteiger partial charge in [0.05, 0.1) is 30.1 Å². The van der Waals surface area contributed by atoms with Crippen molar-refractivity contribution >= 4 is 17.3 Å². The number of hydrogen-bond acceptors (Lipinski definition) is 8. The summed E-state index contributed by atoms with van der Waals surface area (Å²) < 4.78 is 18.7. The molecule has 3 aromatic heterocycles. The van der Waals surface area contributed by atoms with E-state index in [-0.39, 0.29) is 17.8 Å². The van der Waals surface area contributed by atoms with Gasteiger partial charge < -0.3 is 29.3 Å². The van der Waals surface area contributed by atoms with Crippen LogP contribution < -0.4 is 10.2 Å². The van der Waals surface area contributed by atoms with Gasteiger partial charge in [0.1, 0.15) is 5.60 Å². The maximum atomic E-state index is 12.4. The molecule has 6 rings (SSSR count). The maximum absolute atomic E-state index is 12.4. The highest BCUT2D eigenvalue weighted by Gasteiger charge is 2.35. The van der Waals surface area contributed by atoms with Crippen molar-refractivity contribution in [2.75, 3.05) is 64.0 Å². The Labute approximate surface area is 216 Å². The van der Waals surface area contributed by atoms with Gasteiger partial charge in [-0.15, -0.1) is 0 Å². The number of rotatable bonds is 6. The summed E-state index contributed by atoms with van der Waals surface area (Å²) in [5.41, 5.74) is 4.86. The van der Waals surface area contributed by atoms with Crippen molar-refractivity contribution < 1.29 is 19.0 Å². The second-order valence-corrected chi connectivity index (χ2v) is 9.93. The summed E-state index contributed by atoms with van der Waals surface area (Å²) in [4.78, 5) is 21.3. The van der Waals surface area contributed by atoms with Gasteiger partial charge >= 0.3 is 6.09 Å². The van der Waals surface area contributed by atoms with Crippen molar-refractivity contribution in [2.45, 2.75) is 31.5 Å². The molecule has 1 amide bonds. The van der Waals surface area contributed by atoms with Crippen LogP contribution in [0.2, 0.25) is 0 Å². The van der Waals surface area contributed by atoms with Gasteiger partial charge in [-0.1, -0.05) is 6.07 Å². The summed E-state index contributed by atoms with van der Waals surface area (Å²) in [5.74, 6) is 0. The Morgan fingerprint density at radius 1 is 1.22 bits per heavy atom. The number of ether oxygens (including phenoxy) is 3. The zero-order valence-electron chi connectivity index (χ0n) is 21.3. The number of nitrogens with zero attached hydrogens (tertiary/aromatic N) is 5. The molecule has 0 radical (unpaired) electrons. The molecule has 3 aliphatic heterocycles. The topological polar surface area (TPSA) is 93.5 Å². The van der Waals surface area contributed by atoms with Gasteiger partial charge in [-0.2, -0.15) is 5.10 Å². The normalized spacial score (nSPS) is 22.7. The van der Waals surface area contributed by atoms with Gasteiger partial charge in [0.15, 0.2) is 6.10 Å². The zero-order chi connectivity index (χ0) is 25.2. The van der Waals surface area contributed by atoms with Crippen LogP contribution in [0.3, 0.4) is 0 Å². The fourth-order valence-electron chi connectivity index (χ4n) is 5.48. The van der Waals surface area contributed by atoms with E-state index in [0.29, 0.717) is 32.9 Å². The van der Waals surface area contributed by atoms with Crippen molar-refractivity contribution in [1.29, 1.82) is 0 Å². The molecular weight excluding hydrogens is 472 g/mol. The average Bonchev–Trinajstić information content (AvgIpc) is 3.36. The Bertz CT molecular complexity index is 1220. The van der Waals surface area contributed by atoms with Crippen LogP contribution in [0.5, 0.6) is 0 Å². The minimum Gasteiger partial charge on any atom is -0.441 e. The summed E-state index contributed by atoms with van der Waals surface area (Å²) in [6.07, 6.45) is 7.54. The van der Waals surface area contributed by atoms with Crippen LogP contribution in [0, 0.1) is 0 Å². The first-order chi connectivity index (χ1) is 18.1. The Balaban J connectivity index is 1.18. The first-order valence-corrected chi connectivity index (χ1v) is 13.2. The van der Waals surface area contributed by atoms with Crippen LogP contribution in [0.4, 0.5) is 10.5 Å². The molecule has 3 aromatic rings. The van der Waals surface area contributed by atoms with Crippen molar-refractivity contribution in [1.82, 2.24) is 24.8 Å². The third-order valence-corrected chi connectivity index (χ3v) is 7.59. The number of aromatic nitrogens is 3. The summed E-state index contributed by atoms with van der Waals surface area (Å²) in [6, 6.07) is 8.41. The van der Waals surface area contributed by atoms with Crippen molar-refractivity contribution in [3.63, 3.8) is 0 Å². The SMILES string of the molecule is CCO[C@@]1(c2ccc(-c3cc4c(N5CCN(C(=O)OC6COC6)CC5)ccnn4c3)nc2)CCCNC1. The predicted molar refractivity (Wildman–Crippen MR) is 139 cm³/mol. The molecule has 196 valence electrons. The van der Waals surface area contributed by atoms with Crippen LogP contribution in [0.25, 0.3) is 16.8 Å². The molecule has 6 heterocycles. The van der Waals surface area contributed by atoms with Crippen molar-refractivity contribution in [3.05, 3.63) is 48.4 Å². The zero-order valence-corrected chi connectivity index (χ0v) is 21.3. The lowest BCUT2D eigenvalue weighted by Gasteiger charge is -2.37. The molecule has 0 spiro atoms. The van der Waals surface area contributed by atoms with E-state index in [9.17, 15) is 4.79 Å². The van der Waals surface area contributed by atoms with E-state index in [2.05, 4.69) is 33.5 Å². The summed E-state index contributed by atoms with van der Waals surface area (Å²) in [6.45, 7) is 8.27. The molecule has 0 aromatic carbocycles. The summed E-state index contributed by atoms with van der Waals surface area (Å²) in [5, 5.41) is 8.02. The molecule has 0 saturated carbocycles. The predicted octanol–water partition coefficient (Wildman–Crippen LogP) is 2.67. The summed E-state index contributed by atoms with van der Waals surface area (Å²) >= 11 is 0. The number of fused-ring (bicyclic) bond motifs is 1. The van der Waals surface area contributed by atoms with Crippen LogP contribution in [0.1, 0.15) is 25.3 Å². The molecule has 3 fully saturated rings. The van der Waals surface area contributed by atoms with Crippen molar-refractivity contribution in [3.8, 4) is 11.3 Å². The number of hydrogen-bond donors (Lipinski definition) is 1. The number of piperazine rings is 1. The smallest absolute Gasteiger partial charge is 0.410 e. The molecule has 3 aliphatic rings. The van der Waals surface area contributed by atoms with E-state index < -0.39 is 0 Å². The quantitative estimate of drug-likeness (QED) is 0.546. The number of carbonyl (C=O) groups is 1. The molecule has 1 atom stereocenters. The molecule has 0 unspecified atom stereocenters. The fourth-order valence-corrected chi connectivity index (χ4v) is 5.48. The van der Waals surface area contributed by atoms with Gasteiger partial charge in [0, 0.05) is 69.0 Å². The highest BCUT2D eigenvalue weighted by molar-refractivity contribution is 5.79. The molecule has 0 aliphatic carbocycles. The number of pyridine rings is 1. The van der Waals surface area contributed by atoms with Crippen LogP contribution >= 0.6 is 0 Å². The van der Waals surface area contributed by atoms with E-state index >= 15 is 0 Å². The minimum atomic E-state index is -0.307. The van der Waals surface area contributed by atoms with Crippen LogP contribution in [-0.2, 0) is 19.8 Å². The third kappa shape index (κ3) is 4.76. The first-order valence-electron chi connectivity index (χ1n) is 13.2. The molecule has 10 heteroatoms. The third-order valence-electron chi connectivity index (χ3n) is 7.59. The lowest BCUT2D eigenvalue weighted by molar-refractivity contribution is -0.104. The first kappa shape index (κ1) is 24.1. The molecule has 3 saturated heterocycles. The Morgan fingerprint density at radius 3 is 2.76 bits per heavy atom. The highest BCUT2D eigenvalue weighted by Crippen LogP contribution is 2.34. The lowest BCUT2D eigenvalue weighted by Crippen LogP contribution is -2.51. The van der Waals surface area contributed by atoms with Crippen LogP contribution in [-0.4, -0.2) is 90.8 Å². The monoisotopic (exact) mass is 506 g/mol. The molecule has 0 bridgehead atoms. The van der Waals surface area contributed by atoms with E-state index in [1.54, 1.807) is 4.90 Å². The fraction of sp³-hybridized carbons (Fsp3) is 0.519. The van der Waals surface area contributed by atoms with E-state index in [1.165, 1.54) is 0 Å². The Kier molecular flexibility index (Phi) is 6.71. The Morgan fingerprint density at radius 2 is 2.08 bits per heavy atom. The summed E-state index contributed by atoms with van der Waals surface area (Å²) in [7, 11) is 0. The van der Waals surface area contributed by atoms with E-state index in [4.69, 9.17) is 19.2 Å². The van der Waals surface area contributed by atoms with Crippen molar-refractivity contribution in [2.24, 2.45) is 0 Å². The maximum Gasteiger partial charge on any atom is 0.410 e. The van der Waals surface area contributed by atoms with Gasteiger partial charge in [0.25, 0.3) is 0 Å². The Hall–Kier alpha value is -3.21. The van der Waals surface area contributed by atoms with Gasteiger partial charge in [-0.25, -0.2) is 9.31 Å². The van der Waals surface area contributed by atoms with Gasteiger partial charge in [-0.3, -0.25) is 4.98 Å². The lowest BCUT2D eigenvalue weighted by atomic mass is 9.87. The molecule has 1 N–H and O–H groups in total. The standard InChI is InChI=1S/C27H34N6O4/c1-2-36-27(7-3-8-28-19-27)21-4-5-23(29-15-21)20-14-25-24(6-9-30-33(25)16-20)31-10-12-32(13-11-31)26(34)37-22-17-35-18-22/h4-6,9,14-16,22,28H,2-3,7-8,10-13,17-19H2,1H3/t27-/m0/s1. The molecule has 10 nitrogen and oxygen atoms in total. The number of amides is 1. The van der Waals surface area contributed by atoms with Crippen LogP contribution in [0.15, 0.2) is 42.9 Å². The van der Waals surface area contributed by atoms with Gasteiger partial charge in [0.2, 0.25) is 0 Å². The van der Waals surface area contributed by atoms with Gasteiger partial charge in [-0.05, 0) is 44.5 Å². The van der Waals surface area contributed by atoms with E-state index in [0.717, 1.165) is 67.0 Å². The average molecular weight is 507 g/mol.